The SMILES string of the molecule is Cc1ccc2c(c1)oc(=O)n2C1CCCC1. The van der Waals surface area contributed by atoms with Crippen molar-refractivity contribution in [1.82, 2.24) is 4.57 Å². The third kappa shape index (κ3) is 1.39. The van der Waals surface area contributed by atoms with Crippen LogP contribution in [-0.4, -0.2) is 4.57 Å². The number of benzene rings is 1. The van der Waals surface area contributed by atoms with Crippen molar-refractivity contribution in [2.24, 2.45) is 0 Å². The number of oxazole rings is 1. The zero-order chi connectivity index (χ0) is 11.1. The molecule has 1 saturated carbocycles. The second-order valence-corrected chi connectivity index (χ2v) is 4.65. The Kier molecular flexibility index (Phi) is 2.13. The van der Waals surface area contributed by atoms with Crippen LogP contribution in [0.25, 0.3) is 11.1 Å². The van der Waals surface area contributed by atoms with E-state index in [2.05, 4.69) is 0 Å². The van der Waals surface area contributed by atoms with Gasteiger partial charge in [-0.15, -0.1) is 0 Å². The highest BCUT2D eigenvalue weighted by Crippen LogP contribution is 2.31. The van der Waals surface area contributed by atoms with E-state index in [9.17, 15) is 4.79 Å². The van der Waals surface area contributed by atoms with Gasteiger partial charge in [-0.2, -0.15) is 0 Å². The number of aromatic nitrogens is 1. The molecule has 3 rings (SSSR count). The molecule has 2 aromatic rings. The summed E-state index contributed by atoms with van der Waals surface area (Å²) in [4.78, 5) is 11.8. The van der Waals surface area contributed by atoms with Gasteiger partial charge in [0.25, 0.3) is 0 Å². The molecule has 0 bridgehead atoms. The van der Waals surface area contributed by atoms with Crippen LogP contribution in [-0.2, 0) is 0 Å². The first-order chi connectivity index (χ1) is 7.75. The minimum atomic E-state index is -0.201. The maximum absolute atomic E-state index is 11.8. The van der Waals surface area contributed by atoms with Crippen LogP contribution >= 0.6 is 0 Å². The minimum absolute atomic E-state index is 0.201. The van der Waals surface area contributed by atoms with E-state index in [1.165, 1.54) is 12.8 Å². The Hall–Kier alpha value is -1.51. The van der Waals surface area contributed by atoms with E-state index in [1.54, 1.807) is 0 Å². The van der Waals surface area contributed by atoms with Gasteiger partial charge in [0, 0.05) is 6.04 Å². The van der Waals surface area contributed by atoms with Crippen molar-refractivity contribution < 1.29 is 4.42 Å². The van der Waals surface area contributed by atoms with Crippen LogP contribution in [0.3, 0.4) is 0 Å². The Morgan fingerprint density at radius 2 is 2.06 bits per heavy atom. The molecule has 0 aliphatic heterocycles. The summed E-state index contributed by atoms with van der Waals surface area (Å²) in [6.07, 6.45) is 4.64. The number of rotatable bonds is 1. The molecule has 0 unspecified atom stereocenters. The molecule has 0 atom stereocenters. The first kappa shape index (κ1) is 9.70. The van der Waals surface area contributed by atoms with Crippen LogP contribution in [0.1, 0.15) is 37.3 Å². The monoisotopic (exact) mass is 217 g/mol. The fourth-order valence-electron chi connectivity index (χ4n) is 2.65. The molecule has 0 saturated heterocycles. The van der Waals surface area contributed by atoms with Crippen LogP contribution in [0.2, 0.25) is 0 Å². The fourth-order valence-corrected chi connectivity index (χ4v) is 2.65. The number of fused-ring (bicyclic) bond motifs is 1. The highest BCUT2D eigenvalue weighted by atomic mass is 16.4. The number of hydrogen-bond acceptors (Lipinski definition) is 2. The fraction of sp³-hybridized carbons (Fsp3) is 0.462. The number of hydrogen-bond donors (Lipinski definition) is 0. The molecule has 0 radical (unpaired) electrons. The number of nitrogens with zero attached hydrogens (tertiary/aromatic N) is 1. The maximum atomic E-state index is 11.8. The van der Waals surface area contributed by atoms with Gasteiger partial charge in [-0.1, -0.05) is 18.9 Å². The van der Waals surface area contributed by atoms with E-state index in [0.29, 0.717) is 6.04 Å². The van der Waals surface area contributed by atoms with Crippen LogP contribution < -0.4 is 5.76 Å². The Labute approximate surface area is 93.7 Å². The smallest absolute Gasteiger partial charge is 0.408 e. The molecule has 1 aromatic carbocycles. The first-order valence-electron chi connectivity index (χ1n) is 5.87. The van der Waals surface area contributed by atoms with Crippen LogP contribution in [0, 0.1) is 6.92 Å². The van der Waals surface area contributed by atoms with E-state index < -0.39 is 0 Å². The van der Waals surface area contributed by atoms with Gasteiger partial charge in [0.15, 0.2) is 5.58 Å². The molecule has 1 aliphatic carbocycles. The summed E-state index contributed by atoms with van der Waals surface area (Å²) in [6.45, 7) is 2.01. The van der Waals surface area contributed by atoms with Crippen molar-refractivity contribution in [1.29, 1.82) is 0 Å². The highest BCUT2D eigenvalue weighted by Gasteiger charge is 2.22. The van der Waals surface area contributed by atoms with Crippen molar-refractivity contribution in [3.05, 3.63) is 34.3 Å². The van der Waals surface area contributed by atoms with Crippen molar-refractivity contribution in [2.45, 2.75) is 38.6 Å². The predicted molar refractivity (Wildman–Crippen MR) is 62.7 cm³/mol. The summed E-state index contributed by atoms with van der Waals surface area (Å²) in [5, 5.41) is 0. The lowest BCUT2D eigenvalue weighted by Gasteiger charge is -2.09. The summed E-state index contributed by atoms with van der Waals surface area (Å²) in [5.41, 5.74) is 2.79. The van der Waals surface area contributed by atoms with Crippen molar-refractivity contribution in [3.8, 4) is 0 Å². The molecular weight excluding hydrogens is 202 g/mol. The van der Waals surface area contributed by atoms with Gasteiger partial charge >= 0.3 is 5.76 Å². The topological polar surface area (TPSA) is 35.1 Å². The molecule has 16 heavy (non-hydrogen) atoms. The van der Waals surface area contributed by atoms with Gasteiger partial charge in [0.1, 0.15) is 0 Å². The summed E-state index contributed by atoms with van der Waals surface area (Å²) in [7, 11) is 0. The minimum Gasteiger partial charge on any atom is -0.408 e. The Morgan fingerprint density at radius 3 is 2.81 bits per heavy atom. The van der Waals surface area contributed by atoms with E-state index in [0.717, 1.165) is 29.5 Å². The lowest BCUT2D eigenvalue weighted by Crippen LogP contribution is -2.18. The van der Waals surface area contributed by atoms with Crippen molar-refractivity contribution >= 4 is 11.1 Å². The van der Waals surface area contributed by atoms with Gasteiger partial charge in [-0.25, -0.2) is 4.79 Å². The Morgan fingerprint density at radius 1 is 1.31 bits per heavy atom. The first-order valence-corrected chi connectivity index (χ1v) is 5.87. The molecule has 3 nitrogen and oxygen atoms in total. The average molecular weight is 217 g/mol. The van der Waals surface area contributed by atoms with Gasteiger partial charge in [0.05, 0.1) is 5.52 Å². The Balaban J connectivity index is 2.23. The van der Waals surface area contributed by atoms with E-state index in [1.807, 2.05) is 29.7 Å². The zero-order valence-corrected chi connectivity index (χ0v) is 9.40. The second-order valence-electron chi connectivity index (χ2n) is 4.65. The molecule has 1 aromatic heterocycles. The molecular formula is C13H15NO2. The lowest BCUT2D eigenvalue weighted by atomic mass is 10.2. The van der Waals surface area contributed by atoms with Crippen molar-refractivity contribution in [2.75, 3.05) is 0 Å². The zero-order valence-electron chi connectivity index (χ0n) is 9.40. The summed E-state index contributed by atoms with van der Waals surface area (Å²) >= 11 is 0. The summed E-state index contributed by atoms with van der Waals surface area (Å²) in [5.74, 6) is -0.201. The molecule has 0 N–H and O–H groups in total. The average Bonchev–Trinajstić information content (AvgIpc) is 2.83. The lowest BCUT2D eigenvalue weighted by molar-refractivity contribution is 0.446. The highest BCUT2D eigenvalue weighted by molar-refractivity contribution is 5.73. The van der Waals surface area contributed by atoms with E-state index in [-0.39, 0.29) is 5.76 Å². The van der Waals surface area contributed by atoms with Gasteiger partial charge in [-0.3, -0.25) is 4.57 Å². The Bertz CT molecular complexity index is 573. The standard InChI is InChI=1S/C13H15NO2/c1-9-6-7-11-12(8-9)16-13(15)14(11)10-4-2-3-5-10/h6-8,10H,2-5H2,1H3. The molecule has 0 spiro atoms. The molecule has 84 valence electrons. The predicted octanol–water partition coefficient (Wildman–Crippen LogP) is 3.02. The van der Waals surface area contributed by atoms with Crippen LogP contribution in [0.4, 0.5) is 0 Å². The van der Waals surface area contributed by atoms with Crippen molar-refractivity contribution in [3.63, 3.8) is 0 Å². The molecule has 3 heteroatoms. The van der Waals surface area contributed by atoms with E-state index >= 15 is 0 Å². The molecule has 1 fully saturated rings. The van der Waals surface area contributed by atoms with Crippen LogP contribution in [0.5, 0.6) is 0 Å². The van der Waals surface area contributed by atoms with Gasteiger partial charge in [-0.05, 0) is 37.5 Å². The van der Waals surface area contributed by atoms with Gasteiger partial charge in [0.2, 0.25) is 0 Å². The largest absolute Gasteiger partial charge is 0.420 e. The summed E-state index contributed by atoms with van der Waals surface area (Å²) in [6, 6.07) is 6.30. The second kappa shape index (κ2) is 3.51. The normalized spacial score (nSPS) is 17.3. The molecule has 1 aliphatic rings. The van der Waals surface area contributed by atoms with Gasteiger partial charge < -0.3 is 4.42 Å². The molecule has 0 amide bonds. The van der Waals surface area contributed by atoms with E-state index in [4.69, 9.17) is 4.42 Å². The summed E-state index contributed by atoms with van der Waals surface area (Å²) < 4.78 is 7.13. The third-order valence-electron chi connectivity index (χ3n) is 3.46. The third-order valence-corrected chi connectivity index (χ3v) is 3.46. The number of aryl methyl sites for hydroxylation is 1. The van der Waals surface area contributed by atoms with Crippen LogP contribution in [0.15, 0.2) is 27.4 Å². The quantitative estimate of drug-likeness (QED) is 0.736. The maximum Gasteiger partial charge on any atom is 0.420 e. The molecule has 1 heterocycles.